The summed E-state index contributed by atoms with van der Waals surface area (Å²) in [6.07, 6.45) is 0. The average molecular weight is 190 g/mol. The number of carbonyl (C=O) groups excluding carboxylic acids is 1. The Morgan fingerprint density at radius 1 is 1.91 bits per heavy atom. The quantitative estimate of drug-likeness (QED) is 0.682. The van der Waals surface area contributed by atoms with Crippen molar-refractivity contribution in [3.63, 3.8) is 0 Å². The highest BCUT2D eigenvalue weighted by Crippen LogP contribution is 2.22. The average Bonchev–Trinajstić information content (AvgIpc) is 2.40. The molecular weight excluding hydrogens is 180 g/mol. The largest absolute Gasteiger partial charge is 0.347 e. The predicted octanol–water partition coefficient (Wildman–Crippen LogP) is 1.55. The topological polar surface area (TPSA) is 41.5 Å². The van der Waals surface area contributed by atoms with Crippen LogP contribution in [0.25, 0.3) is 0 Å². The third-order valence-corrected chi connectivity index (χ3v) is 3.06. The molecule has 0 radical (unpaired) electrons. The first kappa shape index (κ1) is 8.93. The molecule has 0 bridgehead atoms. The van der Waals surface area contributed by atoms with Crippen molar-refractivity contribution in [2.75, 3.05) is 18.8 Å². The molecule has 1 amide bonds. The number of aliphatic imine (C=N–C) groups is 1. The summed E-state index contributed by atoms with van der Waals surface area (Å²) in [5, 5.41) is 2.70. The summed E-state index contributed by atoms with van der Waals surface area (Å²) in [4.78, 5) is 15.1. The number of carbonyl (C=O) groups is 1. The van der Waals surface area contributed by atoms with Crippen LogP contribution >= 0.6 is 23.5 Å². The van der Waals surface area contributed by atoms with Gasteiger partial charge in [-0.05, 0) is 18.7 Å². The Kier molecular flexibility index (Phi) is 3.79. The van der Waals surface area contributed by atoms with Gasteiger partial charge in [-0.1, -0.05) is 11.8 Å². The van der Waals surface area contributed by atoms with Gasteiger partial charge < -0.3 is 5.32 Å². The van der Waals surface area contributed by atoms with Crippen molar-refractivity contribution in [1.29, 1.82) is 0 Å². The summed E-state index contributed by atoms with van der Waals surface area (Å²) < 4.78 is 0.899. The van der Waals surface area contributed by atoms with Gasteiger partial charge in [0.2, 0.25) is 0 Å². The minimum atomic E-state index is 0.000602. The van der Waals surface area contributed by atoms with E-state index in [2.05, 4.69) is 10.3 Å². The molecule has 62 valence electrons. The molecule has 1 aliphatic heterocycles. The molecule has 0 fully saturated rings. The normalized spacial score (nSPS) is 16.3. The van der Waals surface area contributed by atoms with E-state index in [4.69, 9.17) is 0 Å². The van der Waals surface area contributed by atoms with Gasteiger partial charge in [0.1, 0.15) is 4.38 Å². The molecule has 1 rings (SSSR count). The van der Waals surface area contributed by atoms with Crippen molar-refractivity contribution < 1.29 is 4.79 Å². The molecule has 11 heavy (non-hydrogen) atoms. The van der Waals surface area contributed by atoms with Crippen LogP contribution in [0.1, 0.15) is 6.92 Å². The molecule has 0 aliphatic carbocycles. The van der Waals surface area contributed by atoms with Gasteiger partial charge in [-0.2, -0.15) is 0 Å². The van der Waals surface area contributed by atoms with Crippen LogP contribution in [0.5, 0.6) is 0 Å². The lowest BCUT2D eigenvalue weighted by atomic mass is 10.8. The fourth-order valence-corrected chi connectivity index (χ4v) is 2.42. The minimum Gasteiger partial charge on any atom is -0.347 e. The van der Waals surface area contributed by atoms with E-state index in [9.17, 15) is 4.79 Å². The Balaban J connectivity index is 2.24. The molecule has 0 aromatic carbocycles. The van der Waals surface area contributed by atoms with Crippen LogP contribution in [0.3, 0.4) is 0 Å². The van der Waals surface area contributed by atoms with Crippen molar-refractivity contribution in [1.82, 2.24) is 5.32 Å². The molecular formula is C6H10N2OS2. The van der Waals surface area contributed by atoms with Gasteiger partial charge in [-0.25, -0.2) is 0 Å². The van der Waals surface area contributed by atoms with Crippen LogP contribution < -0.4 is 5.32 Å². The Bertz CT molecular complexity index is 181. The maximum Gasteiger partial charge on any atom is 0.285 e. The van der Waals surface area contributed by atoms with E-state index in [0.717, 1.165) is 16.7 Å². The highest BCUT2D eigenvalue weighted by atomic mass is 32.2. The number of rotatable bonds is 1. The maximum absolute atomic E-state index is 11.0. The van der Waals surface area contributed by atoms with Crippen LogP contribution in [0.2, 0.25) is 0 Å². The number of hydrogen-bond acceptors (Lipinski definition) is 4. The Hall–Kier alpha value is -0.160. The molecule has 5 heteroatoms. The molecule has 0 saturated carbocycles. The van der Waals surface area contributed by atoms with Crippen molar-refractivity contribution in [2.24, 2.45) is 4.99 Å². The fourth-order valence-electron chi connectivity index (χ4n) is 0.637. The van der Waals surface area contributed by atoms with E-state index in [1.807, 2.05) is 6.92 Å². The van der Waals surface area contributed by atoms with Gasteiger partial charge in [0.15, 0.2) is 0 Å². The first-order valence-electron chi connectivity index (χ1n) is 3.46. The van der Waals surface area contributed by atoms with Crippen molar-refractivity contribution in [3.8, 4) is 0 Å². The first-order valence-corrected chi connectivity index (χ1v) is 5.26. The van der Waals surface area contributed by atoms with E-state index < -0.39 is 0 Å². The second kappa shape index (κ2) is 4.66. The minimum absolute atomic E-state index is 0.000602. The predicted molar refractivity (Wildman–Crippen MR) is 51.4 cm³/mol. The number of nitrogens with one attached hydrogen (secondary N) is 1. The maximum atomic E-state index is 11.0. The smallest absolute Gasteiger partial charge is 0.285 e. The molecule has 0 spiro atoms. The summed E-state index contributed by atoms with van der Waals surface area (Å²) in [7, 11) is 0. The van der Waals surface area contributed by atoms with Crippen LogP contribution in [-0.4, -0.2) is 28.5 Å². The zero-order chi connectivity index (χ0) is 8.10. The van der Waals surface area contributed by atoms with Gasteiger partial charge in [-0.15, -0.1) is 0 Å². The molecule has 1 N–H and O–H groups in total. The summed E-state index contributed by atoms with van der Waals surface area (Å²) in [6.45, 7) is 3.44. The van der Waals surface area contributed by atoms with Crippen LogP contribution in [0.15, 0.2) is 4.99 Å². The molecule has 0 aromatic rings. The molecule has 0 saturated heterocycles. The number of hydrogen-bond donors (Lipinski definition) is 1. The molecule has 1 heterocycles. The van der Waals surface area contributed by atoms with Gasteiger partial charge in [0.05, 0.1) is 6.54 Å². The number of nitrogens with zero attached hydrogens (tertiary/aromatic N) is 1. The fraction of sp³-hybridized carbons (Fsp3) is 0.667. The summed E-state index contributed by atoms with van der Waals surface area (Å²) in [6, 6.07) is 0. The Morgan fingerprint density at radius 2 is 2.73 bits per heavy atom. The van der Waals surface area contributed by atoms with Crippen LogP contribution in [0.4, 0.5) is 4.79 Å². The highest BCUT2D eigenvalue weighted by molar-refractivity contribution is 8.45. The van der Waals surface area contributed by atoms with E-state index >= 15 is 0 Å². The third kappa shape index (κ3) is 3.16. The molecule has 0 unspecified atom stereocenters. The van der Waals surface area contributed by atoms with Crippen molar-refractivity contribution >= 4 is 33.1 Å². The number of thioether (sulfide) groups is 2. The number of amides is 1. The summed E-state index contributed by atoms with van der Waals surface area (Å²) >= 11 is 2.84. The molecule has 1 aliphatic rings. The lowest BCUT2D eigenvalue weighted by Crippen LogP contribution is -2.18. The van der Waals surface area contributed by atoms with Gasteiger partial charge >= 0.3 is 0 Å². The van der Waals surface area contributed by atoms with Gasteiger partial charge in [0.25, 0.3) is 5.24 Å². The first-order chi connectivity index (χ1) is 5.33. The van der Waals surface area contributed by atoms with E-state index in [0.29, 0.717) is 6.54 Å². The Labute approximate surface area is 74.4 Å². The standard InChI is InChI=1S/C6H10N2OS2/c1-2-7-5(9)11-6-8-3-4-10-6/h2-4H2,1H3,(H,7,9). The molecule has 3 nitrogen and oxygen atoms in total. The molecule has 0 aromatic heterocycles. The second-order valence-corrected chi connectivity index (χ2v) is 4.22. The monoisotopic (exact) mass is 190 g/mol. The van der Waals surface area contributed by atoms with Crippen LogP contribution in [-0.2, 0) is 0 Å². The SMILES string of the molecule is CCNC(=O)SC1=NCCS1. The summed E-state index contributed by atoms with van der Waals surface area (Å²) in [5.74, 6) is 1.02. The van der Waals surface area contributed by atoms with E-state index in [1.54, 1.807) is 11.8 Å². The highest BCUT2D eigenvalue weighted by Gasteiger charge is 2.11. The van der Waals surface area contributed by atoms with Crippen molar-refractivity contribution in [3.05, 3.63) is 0 Å². The van der Waals surface area contributed by atoms with Gasteiger partial charge in [-0.3, -0.25) is 9.79 Å². The lowest BCUT2D eigenvalue weighted by molar-refractivity contribution is 0.261. The third-order valence-electron chi connectivity index (χ3n) is 1.06. The van der Waals surface area contributed by atoms with Crippen molar-refractivity contribution in [2.45, 2.75) is 6.92 Å². The lowest BCUT2D eigenvalue weighted by Gasteiger charge is -1.98. The van der Waals surface area contributed by atoms with Gasteiger partial charge in [0, 0.05) is 12.3 Å². The molecule has 0 atom stereocenters. The zero-order valence-electron chi connectivity index (χ0n) is 6.29. The Morgan fingerprint density at radius 3 is 3.27 bits per heavy atom. The summed E-state index contributed by atoms with van der Waals surface area (Å²) in [5.41, 5.74) is 0. The van der Waals surface area contributed by atoms with E-state index in [1.165, 1.54) is 11.8 Å². The van der Waals surface area contributed by atoms with E-state index in [-0.39, 0.29) is 5.24 Å². The van der Waals surface area contributed by atoms with Crippen LogP contribution in [0, 0.1) is 0 Å². The second-order valence-electron chi connectivity index (χ2n) is 1.92. The zero-order valence-corrected chi connectivity index (χ0v) is 7.93.